The molecule has 5 heteroatoms. The summed E-state index contributed by atoms with van der Waals surface area (Å²) in [5.41, 5.74) is 6.19. The predicted molar refractivity (Wildman–Crippen MR) is 88.4 cm³/mol. The Morgan fingerprint density at radius 1 is 1.35 bits per heavy atom. The lowest BCUT2D eigenvalue weighted by molar-refractivity contribution is -0.0753. The van der Waals surface area contributed by atoms with Gasteiger partial charge in [0.15, 0.2) is 0 Å². The molecule has 1 atom stereocenters. The second-order valence-electron chi connectivity index (χ2n) is 6.59. The molecule has 20 heavy (non-hydrogen) atoms. The molecule has 0 radical (unpaired) electrons. The smallest absolute Gasteiger partial charge is 0.0875 e. The van der Waals surface area contributed by atoms with Gasteiger partial charge in [-0.25, -0.2) is 0 Å². The van der Waals surface area contributed by atoms with Gasteiger partial charge in [-0.05, 0) is 61.8 Å². The minimum Gasteiger partial charge on any atom is -0.375 e. The second-order valence-corrected chi connectivity index (χ2v) is 7.85. The number of nitrogens with two attached hydrogens (primary N) is 1. The van der Waals surface area contributed by atoms with Crippen LogP contribution in [0, 0.1) is 0 Å². The van der Waals surface area contributed by atoms with Gasteiger partial charge in [0.1, 0.15) is 0 Å². The van der Waals surface area contributed by atoms with Gasteiger partial charge in [-0.1, -0.05) is 11.6 Å². The summed E-state index contributed by atoms with van der Waals surface area (Å²) in [4.78, 5) is 0. The molecule has 1 aromatic rings. The van der Waals surface area contributed by atoms with E-state index in [0.29, 0.717) is 11.6 Å². The maximum absolute atomic E-state index is 6.18. The number of rotatable bonds is 3. The van der Waals surface area contributed by atoms with Crippen LogP contribution in [0.5, 0.6) is 0 Å². The number of ether oxygens (including phenoxy) is 1. The standard InChI is InChI=1S/C15H22BrClN2O/c1-13(2)8-15(9-18,14(3,4)20-13)19-10-5-6-11(16)12(17)7-10/h5-7,19H,8-9,18H2,1-4H3. The molecule has 1 aliphatic heterocycles. The third-order valence-electron chi connectivity index (χ3n) is 4.06. The molecule has 0 amide bonds. The SMILES string of the molecule is CC1(C)CC(CN)(Nc2ccc(Br)c(Cl)c2)C(C)(C)O1. The second kappa shape index (κ2) is 5.16. The zero-order chi connectivity index (χ0) is 15.2. The molecule has 0 aromatic heterocycles. The Morgan fingerprint density at radius 3 is 2.45 bits per heavy atom. The highest BCUT2D eigenvalue weighted by Gasteiger charge is 2.56. The number of halogens is 2. The Labute approximate surface area is 134 Å². The summed E-state index contributed by atoms with van der Waals surface area (Å²) in [6, 6.07) is 5.84. The van der Waals surface area contributed by atoms with Crippen molar-refractivity contribution in [1.29, 1.82) is 0 Å². The Balaban J connectivity index is 2.35. The van der Waals surface area contributed by atoms with Crippen molar-refractivity contribution >= 4 is 33.2 Å². The van der Waals surface area contributed by atoms with Gasteiger partial charge in [0.25, 0.3) is 0 Å². The fourth-order valence-corrected chi connectivity index (χ4v) is 3.61. The van der Waals surface area contributed by atoms with E-state index in [-0.39, 0.29) is 16.7 Å². The zero-order valence-electron chi connectivity index (χ0n) is 12.4. The maximum atomic E-state index is 6.18. The molecule has 2 rings (SSSR count). The lowest BCUT2D eigenvalue weighted by Crippen LogP contribution is -2.57. The van der Waals surface area contributed by atoms with Crippen molar-refractivity contribution in [3.63, 3.8) is 0 Å². The molecule has 1 saturated heterocycles. The van der Waals surface area contributed by atoms with Crippen molar-refractivity contribution in [3.05, 3.63) is 27.7 Å². The van der Waals surface area contributed by atoms with E-state index in [4.69, 9.17) is 22.1 Å². The van der Waals surface area contributed by atoms with Gasteiger partial charge in [0.05, 0.1) is 21.8 Å². The Kier molecular flexibility index (Phi) is 4.15. The van der Waals surface area contributed by atoms with Crippen molar-refractivity contribution in [2.45, 2.75) is 50.9 Å². The van der Waals surface area contributed by atoms with Gasteiger partial charge in [-0.3, -0.25) is 0 Å². The Bertz CT molecular complexity index is 519. The average Bonchev–Trinajstić information content (AvgIpc) is 2.49. The van der Waals surface area contributed by atoms with E-state index in [1.165, 1.54) is 0 Å². The molecule has 3 nitrogen and oxygen atoms in total. The van der Waals surface area contributed by atoms with Crippen molar-refractivity contribution < 1.29 is 4.74 Å². The average molecular weight is 362 g/mol. The van der Waals surface area contributed by atoms with E-state index in [1.54, 1.807) is 0 Å². The van der Waals surface area contributed by atoms with Gasteiger partial charge in [-0.2, -0.15) is 0 Å². The molecular formula is C15H22BrClN2O. The molecule has 0 aliphatic carbocycles. The summed E-state index contributed by atoms with van der Waals surface area (Å²) in [5, 5.41) is 4.24. The normalized spacial score (nSPS) is 27.6. The maximum Gasteiger partial charge on any atom is 0.0875 e. The summed E-state index contributed by atoms with van der Waals surface area (Å²) in [5.74, 6) is 0. The van der Waals surface area contributed by atoms with Crippen LogP contribution in [0.2, 0.25) is 5.02 Å². The highest BCUT2D eigenvalue weighted by Crippen LogP contribution is 2.46. The molecule has 1 fully saturated rings. The number of hydrogen-bond acceptors (Lipinski definition) is 3. The fourth-order valence-electron chi connectivity index (χ4n) is 3.18. The van der Waals surface area contributed by atoms with Gasteiger partial charge in [-0.15, -0.1) is 0 Å². The van der Waals surface area contributed by atoms with Crippen LogP contribution in [0.3, 0.4) is 0 Å². The first-order chi connectivity index (χ1) is 9.11. The molecule has 112 valence electrons. The largest absolute Gasteiger partial charge is 0.375 e. The molecule has 1 aliphatic rings. The van der Waals surface area contributed by atoms with Gasteiger partial charge >= 0.3 is 0 Å². The number of hydrogen-bond donors (Lipinski definition) is 2. The molecule has 0 spiro atoms. The van der Waals surface area contributed by atoms with Crippen LogP contribution in [0.4, 0.5) is 5.69 Å². The lowest BCUT2D eigenvalue weighted by atomic mass is 9.78. The van der Waals surface area contributed by atoms with Crippen LogP contribution in [0.1, 0.15) is 34.1 Å². The summed E-state index contributed by atoms with van der Waals surface area (Å²) < 4.78 is 7.07. The van der Waals surface area contributed by atoms with Crippen LogP contribution in [-0.2, 0) is 4.74 Å². The molecule has 0 bridgehead atoms. The van der Waals surface area contributed by atoms with Gasteiger partial charge in [0.2, 0.25) is 0 Å². The fraction of sp³-hybridized carbons (Fsp3) is 0.600. The molecule has 1 unspecified atom stereocenters. The molecular weight excluding hydrogens is 340 g/mol. The van der Waals surface area contributed by atoms with Crippen LogP contribution >= 0.6 is 27.5 Å². The van der Waals surface area contributed by atoms with E-state index in [9.17, 15) is 0 Å². The van der Waals surface area contributed by atoms with Crippen molar-refractivity contribution in [3.8, 4) is 0 Å². The molecule has 0 saturated carbocycles. The first-order valence-corrected chi connectivity index (χ1v) is 7.91. The monoisotopic (exact) mass is 360 g/mol. The van der Waals surface area contributed by atoms with Crippen LogP contribution in [0.15, 0.2) is 22.7 Å². The Morgan fingerprint density at radius 2 is 2.00 bits per heavy atom. The first kappa shape index (κ1) is 16.1. The van der Waals surface area contributed by atoms with Crippen LogP contribution < -0.4 is 11.1 Å². The van der Waals surface area contributed by atoms with E-state index >= 15 is 0 Å². The molecule has 3 N–H and O–H groups in total. The summed E-state index contributed by atoms with van der Waals surface area (Å²) in [6.07, 6.45) is 0.844. The minimum atomic E-state index is -0.356. The number of nitrogens with one attached hydrogen (secondary N) is 1. The van der Waals surface area contributed by atoms with Crippen molar-refractivity contribution in [2.75, 3.05) is 11.9 Å². The first-order valence-electron chi connectivity index (χ1n) is 6.74. The van der Waals surface area contributed by atoms with E-state index in [0.717, 1.165) is 16.6 Å². The zero-order valence-corrected chi connectivity index (χ0v) is 14.7. The van der Waals surface area contributed by atoms with Crippen molar-refractivity contribution in [2.24, 2.45) is 5.73 Å². The van der Waals surface area contributed by atoms with Gasteiger partial charge in [0, 0.05) is 23.1 Å². The summed E-state index contributed by atoms with van der Waals surface area (Å²) >= 11 is 9.57. The van der Waals surface area contributed by atoms with E-state index < -0.39 is 0 Å². The van der Waals surface area contributed by atoms with Crippen molar-refractivity contribution in [1.82, 2.24) is 0 Å². The number of benzene rings is 1. The molecule has 1 aromatic carbocycles. The number of anilines is 1. The highest BCUT2D eigenvalue weighted by molar-refractivity contribution is 9.10. The third kappa shape index (κ3) is 2.84. The minimum absolute atomic E-state index is 0.199. The lowest BCUT2D eigenvalue weighted by Gasteiger charge is -2.40. The van der Waals surface area contributed by atoms with Crippen LogP contribution in [0.25, 0.3) is 0 Å². The Hall–Kier alpha value is -0.290. The third-order valence-corrected chi connectivity index (χ3v) is 5.30. The van der Waals surface area contributed by atoms with E-state index in [1.807, 2.05) is 18.2 Å². The highest BCUT2D eigenvalue weighted by atomic mass is 79.9. The predicted octanol–water partition coefficient (Wildman–Crippen LogP) is 4.19. The van der Waals surface area contributed by atoms with Crippen LogP contribution in [-0.4, -0.2) is 23.3 Å². The topological polar surface area (TPSA) is 47.3 Å². The van der Waals surface area contributed by atoms with Gasteiger partial charge < -0.3 is 15.8 Å². The summed E-state index contributed by atoms with van der Waals surface area (Å²) in [7, 11) is 0. The summed E-state index contributed by atoms with van der Waals surface area (Å²) in [6.45, 7) is 8.87. The van der Waals surface area contributed by atoms with E-state index in [2.05, 4.69) is 48.9 Å². The molecule has 1 heterocycles. The quantitative estimate of drug-likeness (QED) is 0.848.